The molecular weight excluding hydrogens is 143 g/mol. The van der Waals surface area contributed by atoms with E-state index in [1.807, 2.05) is 0 Å². The van der Waals surface area contributed by atoms with E-state index in [1.54, 1.807) is 0 Å². The van der Waals surface area contributed by atoms with E-state index in [4.69, 9.17) is 7.85 Å². The lowest BCUT2D eigenvalue weighted by Gasteiger charge is -2.14. The summed E-state index contributed by atoms with van der Waals surface area (Å²) in [6.45, 7) is 2.27. The Kier molecular flexibility index (Phi) is 4.79. The number of unbranched alkanes of at least 4 members (excludes halogenated alkanes) is 3. The van der Waals surface area contributed by atoms with E-state index in [9.17, 15) is 0 Å². The van der Waals surface area contributed by atoms with Crippen molar-refractivity contribution >= 4 is 7.85 Å². The van der Waals surface area contributed by atoms with Gasteiger partial charge in [-0.2, -0.15) is 0 Å². The first-order chi connectivity index (χ1) is 5.84. The van der Waals surface area contributed by atoms with Crippen LogP contribution in [0, 0.1) is 5.92 Å². The topological polar surface area (TPSA) is 0 Å². The normalized spacial score (nSPS) is 29.4. The minimum absolute atomic E-state index is 0.534. The number of rotatable bonds is 5. The largest absolute Gasteiger partial charge is 0.0746 e. The highest BCUT2D eigenvalue weighted by molar-refractivity contribution is 6.11. The van der Waals surface area contributed by atoms with Crippen LogP contribution in [0.4, 0.5) is 0 Å². The minimum atomic E-state index is 0.534. The van der Waals surface area contributed by atoms with Gasteiger partial charge in [0.1, 0.15) is 0 Å². The Morgan fingerprint density at radius 3 is 2.58 bits per heavy atom. The molecule has 1 fully saturated rings. The summed E-state index contributed by atoms with van der Waals surface area (Å²) in [5.41, 5.74) is 0. The molecule has 68 valence electrons. The van der Waals surface area contributed by atoms with Crippen LogP contribution in [-0.2, 0) is 0 Å². The molecule has 12 heavy (non-hydrogen) atoms. The van der Waals surface area contributed by atoms with Crippen molar-refractivity contribution in [3.05, 3.63) is 0 Å². The van der Waals surface area contributed by atoms with Crippen LogP contribution in [0.1, 0.15) is 58.3 Å². The van der Waals surface area contributed by atoms with Gasteiger partial charge in [-0.05, 0) is 5.92 Å². The van der Waals surface area contributed by atoms with Gasteiger partial charge in [0, 0.05) is 0 Å². The molecule has 1 aliphatic rings. The van der Waals surface area contributed by atoms with Gasteiger partial charge in [-0.15, -0.1) is 0 Å². The lowest BCUT2D eigenvalue weighted by molar-refractivity contribution is 0.467. The molecule has 0 N–H and O–H groups in total. The monoisotopic (exact) mass is 164 g/mol. The molecule has 0 spiro atoms. The van der Waals surface area contributed by atoms with Gasteiger partial charge in [0.15, 0.2) is 0 Å². The van der Waals surface area contributed by atoms with Gasteiger partial charge in [0.05, 0.1) is 7.85 Å². The van der Waals surface area contributed by atoms with Crippen molar-refractivity contribution in [3.8, 4) is 0 Å². The fraction of sp³-hybridized carbons (Fsp3) is 1.00. The molecule has 1 aliphatic carbocycles. The molecule has 2 unspecified atom stereocenters. The molecule has 1 saturated carbocycles. The molecule has 0 saturated heterocycles. The van der Waals surface area contributed by atoms with Crippen molar-refractivity contribution in [2.75, 3.05) is 0 Å². The zero-order valence-electron chi connectivity index (χ0n) is 8.39. The summed E-state index contributed by atoms with van der Waals surface area (Å²) in [6, 6.07) is 0. The first kappa shape index (κ1) is 10.1. The third-order valence-electron chi connectivity index (χ3n) is 3.15. The van der Waals surface area contributed by atoms with Gasteiger partial charge in [0.2, 0.25) is 0 Å². The summed E-state index contributed by atoms with van der Waals surface area (Å²) in [5, 5.41) is 0. The van der Waals surface area contributed by atoms with Gasteiger partial charge in [-0.3, -0.25) is 0 Å². The molecular formula is C11H21B. The minimum Gasteiger partial charge on any atom is -0.0746 e. The van der Waals surface area contributed by atoms with Gasteiger partial charge < -0.3 is 0 Å². The van der Waals surface area contributed by atoms with Gasteiger partial charge >= 0.3 is 0 Å². The van der Waals surface area contributed by atoms with Crippen LogP contribution in [0.2, 0.25) is 5.82 Å². The summed E-state index contributed by atoms with van der Waals surface area (Å²) >= 11 is 0. The zero-order valence-corrected chi connectivity index (χ0v) is 8.39. The van der Waals surface area contributed by atoms with Crippen LogP contribution in [0.25, 0.3) is 0 Å². The fourth-order valence-corrected chi connectivity index (χ4v) is 2.26. The SMILES string of the molecule is [B]C1CCCC1CCCCCC. The highest BCUT2D eigenvalue weighted by Gasteiger charge is 2.21. The van der Waals surface area contributed by atoms with E-state index in [0.717, 1.165) is 5.92 Å². The van der Waals surface area contributed by atoms with E-state index in [1.165, 1.54) is 51.4 Å². The number of hydrogen-bond donors (Lipinski definition) is 0. The van der Waals surface area contributed by atoms with Crippen molar-refractivity contribution in [1.82, 2.24) is 0 Å². The Bertz CT molecular complexity index is 112. The average Bonchev–Trinajstić information content (AvgIpc) is 2.46. The zero-order chi connectivity index (χ0) is 8.81. The molecule has 1 heteroatoms. The van der Waals surface area contributed by atoms with E-state index < -0.39 is 0 Å². The van der Waals surface area contributed by atoms with Crippen molar-refractivity contribution in [2.24, 2.45) is 5.92 Å². The standard InChI is InChI=1S/C11H21B/c1-2-3-4-5-7-10-8-6-9-11(10)12/h10-11H,2-9H2,1H3. The Labute approximate surface area is 78.5 Å². The average molecular weight is 164 g/mol. The van der Waals surface area contributed by atoms with Gasteiger partial charge in [-0.1, -0.05) is 64.1 Å². The lowest BCUT2D eigenvalue weighted by atomic mass is 9.77. The van der Waals surface area contributed by atoms with Crippen molar-refractivity contribution in [1.29, 1.82) is 0 Å². The Balaban J connectivity index is 1.98. The van der Waals surface area contributed by atoms with Gasteiger partial charge in [0.25, 0.3) is 0 Å². The maximum Gasteiger partial charge on any atom is 0.0703 e. The molecule has 0 amide bonds. The lowest BCUT2D eigenvalue weighted by Crippen LogP contribution is -2.01. The summed E-state index contributed by atoms with van der Waals surface area (Å²) in [5.74, 6) is 1.40. The first-order valence-electron chi connectivity index (χ1n) is 5.60. The van der Waals surface area contributed by atoms with E-state index in [2.05, 4.69) is 6.92 Å². The number of hydrogen-bond acceptors (Lipinski definition) is 0. The third-order valence-corrected chi connectivity index (χ3v) is 3.15. The quantitative estimate of drug-likeness (QED) is 0.429. The van der Waals surface area contributed by atoms with E-state index in [0.29, 0.717) is 5.82 Å². The van der Waals surface area contributed by atoms with Crippen LogP contribution in [-0.4, -0.2) is 7.85 Å². The second kappa shape index (κ2) is 5.67. The third kappa shape index (κ3) is 3.20. The van der Waals surface area contributed by atoms with Crippen LogP contribution < -0.4 is 0 Å². The Morgan fingerprint density at radius 1 is 1.17 bits per heavy atom. The molecule has 1 rings (SSSR count). The molecule has 0 bridgehead atoms. The summed E-state index contributed by atoms with van der Waals surface area (Å²) in [7, 11) is 5.99. The molecule has 0 aliphatic heterocycles. The molecule has 2 radical (unpaired) electrons. The van der Waals surface area contributed by atoms with Crippen LogP contribution in [0.5, 0.6) is 0 Å². The summed E-state index contributed by atoms with van der Waals surface area (Å²) in [6.07, 6.45) is 11.0. The van der Waals surface area contributed by atoms with E-state index >= 15 is 0 Å². The highest BCUT2D eigenvalue weighted by atomic mass is 14.2. The summed E-state index contributed by atoms with van der Waals surface area (Å²) in [4.78, 5) is 0. The molecule has 2 atom stereocenters. The molecule has 0 aromatic heterocycles. The van der Waals surface area contributed by atoms with E-state index in [-0.39, 0.29) is 0 Å². The van der Waals surface area contributed by atoms with Gasteiger partial charge in [-0.25, -0.2) is 0 Å². The molecule has 0 aromatic carbocycles. The summed E-state index contributed by atoms with van der Waals surface area (Å²) < 4.78 is 0. The maximum atomic E-state index is 5.99. The maximum absolute atomic E-state index is 5.99. The second-order valence-corrected chi connectivity index (χ2v) is 4.20. The Morgan fingerprint density at radius 2 is 2.00 bits per heavy atom. The molecule has 0 aromatic rings. The second-order valence-electron chi connectivity index (χ2n) is 4.20. The predicted molar refractivity (Wildman–Crippen MR) is 55.6 cm³/mol. The molecule has 0 heterocycles. The fourth-order valence-electron chi connectivity index (χ4n) is 2.26. The molecule has 0 nitrogen and oxygen atoms in total. The highest BCUT2D eigenvalue weighted by Crippen LogP contribution is 2.37. The first-order valence-corrected chi connectivity index (χ1v) is 5.60. The van der Waals surface area contributed by atoms with Crippen molar-refractivity contribution in [2.45, 2.75) is 64.1 Å². The van der Waals surface area contributed by atoms with Crippen molar-refractivity contribution in [3.63, 3.8) is 0 Å². The van der Waals surface area contributed by atoms with Crippen LogP contribution >= 0.6 is 0 Å². The Hall–Kier alpha value is 0.0649. The predicted octanol–water partition coefficient (Wildman–Crippen LogP) is 3.71. The smallest absolute Gasteiger partial charge is 0.0703 e. The van der Waals surface area contributed by atoms with Crippen LogP contribution in [0.15, 0.2) is 0 Å². The van der Waals surface area contributed by atoms with Crippen molar-refractivity contribution < 1.29 is 0 Å². The van der Waals surface area contributed by atoms with Crippen LogP contribution in [0.3, 0.4) is 0 Å².